The van der Waals surface area contributed by atoms with Gasteiger partial charge in [-0.2, -0.15) is 0 Å². The molecule has 1 nitrogen and oxygen atoms in total. The highest BCUT2D eigenvalue weighted by Gasteiger charge is 2.49. The Labute approximate surface area is 98.3 Å². The Morgan fingerprint density at radius 3 is 2.86 bits per heavy atom. The van der Waals surface area contributed by atoms with Gasteiger partial charge in [-0.15, -0.1) is 23.2 Å². The van der Waals surface area contributed by atoms with Crippen molar-refractivity contribution in [1.29, 1.82) is 0 Å². The largest absolute Gasteiger partial charge is 0.372 e. The molecule has 0 aromatic carbocycles. The maximum Gasteiger partial charge on any atom is 0.175 e. The van der Waals surface area contributed by atoms with Gasteiger partial charge in [0.05, 0.1) is 10.8 Å². The van der Waals surface area contributed by atoms with Crippen LogP contribution in [0.2, 0.25) is 0 Å². The van der Waals surface area contributed by atoms with E-state index < -0.39 is 15.8 Å². The molecular formula is C10H11Cl3O. The van der Waals surface area contributed by atoms with Crippen LogP contribution in [-0.2, 0) is 0 Å². The zero-order valence-electron chi connectivity index (χ0n) is 7.46. The second kappa shape index (κ2) is 3.71. The SMILES string of the molecule is OC1(Cl)C(Cl)CC2CC=CC=C2C1Cl. The van der Waals surface area contributed by atoms with E-state index in [2.05, 4.69) is 6.08 Å². The minimum Gasteiger partial charge on any atom is -0.372 e. The molecule has 1 N–H and O–H groups in total. The Hall–Kier alpha value is 0.310. The minimum atomic E-state index is -1.52. The molecular weight excluding hydrogens is 242 g/mol. The molecule has 0 saturated heterocycles. The molecule has 2 aliphatic carbocycles. The second-order valence-electron chi connectivity index (χ2n) is 3.82. The van der Waals surface area contributed by atoms with Crippen molar-refractivity contribution >= 4 is 34.8 Å². The van der Waals surface area contributed by atoms with Crippen molar-refractivity contribution in [2.45, 2.75) is 28.7 Å². The summed E-state index contributed by atoms with van der Waals surface area (Å²) in [6.07, 6.45) is 7.58. The third-order valence-corrected chi connectivity index (χ3v) is 4.70. The lowest BCUT2D eigenvalue weighted by molar-refractivity contribution is 0.101. The van der Waals surface area contributed by atoms with Gasteiger partial charge in [0, 0.05) is 0 Å². The van der Waals surface area contributed by atoms with Crippen molar-refractivity contribution in [2.24, 2.45) is 5.92 Å². The Morgan fingerprint density at radius 1 is 1.43 bits per heavy atom. The summed E-state index contributed by atoms with van der Waals surface area (Å²) in [5.74, 6) is 0.337. The van der Waals surface area contributed by atoms with Gasteiger partial charge >= 0.3 is 0 Å². The van der Waals surface area contributed by atoms with E-state index in [-0.39, 0.29) is 0 Å². The summed E-state index contributed by atoms with van der Waals surface area (Å²) >= 11 is 18.0. The highest BCUT2D eigenvalue weighted by molar-refractivity contribution is 6.37. The molecule has 14 heavy (non-hydrogen) atoms. The molecule has 0 spiro atoms. The van der Waals surface area contributed by atoms with Crippen molar-refractivity contribution in [1.82, 2.24) is 0 Å². The minimum absolute atomic E-state index is 0.337. The van der Waals surface area contributed by atoms with Crippen LogP contribution in [0.5, 0.6) is 0 Å². The van der Waals surface area contributed by atoms with Crippen LogP contribution in [0.25, 0.3) is 0 Å². The first kappa shape index (κ1) is 10.8. The van der Waals surface area contributed by atoms with Gasteiger partial charge in [0.1, 0.15) is 0 Å². The zero-order chi connectivity index (χ0) is 10.3. The average Bonchev–Trinajstić information content (AvgIpc) is 2.15. The van der Waals surface area contributed by atoms with Crippen molar-refractivity contribution in [3.63, 3.8) is 0 Å². The van der Waals surface area contributed by atoms with Crippen LogP contribution in [-0.4, -0.2) is 20.9 Å². The maximum absolute atomic E-state index is 9.89. The highest BCUT2D eigenvalue weighted by Crippen LogP contribution is 2.46. The summed E-state index contributed by atoms with van der Waals surface area (Å²) in [6.45, 7) is 0. The van der Waals surface area contributed by atoms with Gasteiger partial charge in [-0.3, -0.25) is 0 Å². The summed E-state index contributed by atoms with van der Waals surface area (Å²) in [5, 5.41) is 7.30. The molecule has 0 radical (unpaired) electrons. The highest BCUT2D eigenvalue weighted by atomic mass is 35.5. The maximum atomic E-state index is 9.89. The molecule has 4 atom stereocenters. The predicted octanol–water partition coefficient (Wildman–Crippen LogP) is 3.03. The van der Waals surface area contributed by atoms with Crippen LogP contribution in [0, 0.1) is 5.92 Å². The number of rotatable bonds is 0. The number of allylic oxidation sites excluding steroid dienone is 3. The van der Waals surface area contributed by atoms with Crippen LogP contribution in [0.3, 0.4) is 0 Å². The number of alkyl halides is 3. The number of halogens is 3. The Bertz CT molecular complexity index is 296. The molecule has 0 aromatic heterocycles. The first-order valence-electron chi connectivity index (χ1n) is 4.59. The molecule has 0 bridgehead atoms. The monoisotopic (exact) mass is 252 g/mol. The predicted molar refractivity (Wildman–Crippen MR) is 60.0 cm³/mol. The van der Waals surface area contributed by atoms with Gasteiger partial charge in [0.25, 0.3) is 0 Å². The molecule has 2 rings (SSSR count). The number of aliphatic hydroxyl groups is 1. The lowest BCUT2D eigenvalue weighted by atomic mass is 9.78. The Kier molecular flexibility index (Phi) is 2.87. The molecule has 4 unspecified atom stereocenters. The van der Waals surface area contributed by atoms with Crippen LogP contribution < -0.4 is 0 Å². The van der Waals surface area contributed by atoms with E-state index in [0.29, 0.717) is 12.3 Å². The van der Waals surface area contributed by atoms with Gasteiger partial charge in [0.2, 0.25) is 0 Å². The van der Waals surface area contributed by atoms with E-state index in [4.69, 9.17) is 34.8 Å². The topological polar surface area (TPSA) is 20.2 Å². The molecule has 1 fully saturated rings. The van der Waals surface area contributed by atoms with E-state index in [0.717, 1.165) is 12.0 Å². The summed E-state index contributed by atoms with van der Waals surface area (Å²) in [4.78, 5) is 0. The standard InChI is InChI=1S/C10H11Cl3O/c11-8-5-6-3-1-2-4-7(6)9(12)10(8,13)14/h1-2,4,6,8-9,14H,3,5H2. The van der Waals surface area contributed by atoms with Crippen molar-refractivity contribution < 1.29 is 5.11 Å². The van der Waals surface area contributed by atoms with E-state index in [1.54, 1.807) is 0 Å². The molecule has 1 saturated carbocycles. The first-order chi connectivity index (χ1) is 6.53. The Morgan fingerprint density at radius 2 is 2.14 bits per heavy atom. The second-order valence-corrected chi connectivity index (χ2v) is 5.39. The number of fused-ring (bicyclic) bond motifs is 1. The quantitative estimate of drug-likeness (QED) is 0.658. The van der Waals surface area contributed by atoms with Crippen molar-refractivity contribution in [3.8, 4) is 0 Å². The van der Waals surface area contributed by atoms with E-state index in [1.165, 1.54) is 0 Å². The van der Waals surface area contributed by atoms with Crippen LogP contribution in [0.15, 0.2) is 23.8 Å². The Balaban J connectivity index is 2.32. The fraction of sp³-hybridized carbons (Fsp3) is 0.600. The van der Waals surface area contributed by atoms with Crippen molar-refractivity contribution in [3.05, 3.63) is 23.8 Å². The smallest absolute Gasteiger partial charge is 0.175 e. The molecule has 2 aliphatic rings. The van der Waals surface area contributed by atoms with Gasteiger partial charge in [0.15, 0.2) is 5.06 Å². The molecule has 0 aromatic rings. The fourth-order valence-corrected chi connectivity index (χ4v) is 3.05. The van der Waals surface area contributed by atoms with Crippen molar-refractivity contribution in [2.75, 3.05) is 0 Å². The van der Waals surface area contributed by atoms with Crippen LogP contribution in [0.1, 0.15) is 12.8 Å². The molecule has 0 heterocycles. The summed E-state index contributed by atoms with van der Waals surface area (Å²) in [7, 11) is 0. The van der Waals surface area contributed by atoms with E-state index >= 15 is 0 Å². The van der Waals surface area contributed by atoms with Gasteiger partial charge in [-0.1, -0.05) is 29.8 Å². The molecule has 78 valence electrons. The lowest BCUT2D eigenvalue weighted by Gasteiger charge is -2.42. The first-order valence-corrected chi connectivity index (χ1v) is 5.84. The zero-order valence-corrected chi connectivity index (χ0v) is 9.73. The molecule has 4 heteroatoms. The lowest BCUT2D eigenvalue weighted by Crippen LogP contribution is -2.49. The summed E-state index contributed by atoms with van der Waals surface area (Å²) in [6, 6.07) is 0. The number of hydrogen-bond donors (Lipinski definition) is 1. The van der Waals surface area contributed by atoms with E-state index in [9.17, 15) is 5.11 Å². The average molecular weight is 254 g/mol. The third-order valence-electron chi connectivity index (χ3n) is 2.90. The van der Waals surface area contributed by atoms with Gasteiger partial charge in [-0.05, 0) is 24.3 Å². The fourth-order valence-electron chi connectivity index (χ4n) is 2.03. The number of hydrogen-bond acceptors (Lipinski definition) is 1. The molecule has 0 aliphatic heterocycles. The van der Waals surface area contributed by atoms with Gasteiger partial charge < -0.3 is 5.11 Å². The van der Waals surface area contributed by atoms with Crippen LogP contribution >= 0.6 is 34.8 Å². The third kappa shape index (κ3) is 1.61. The van der Waals surface area contributed by atoms with Gasteiger partial charge in [-0.25, -0.2) is 0 Å². The molecule has 0 amide bonds. The summed E-state index contributed by atoms with van der Waals surface area (Å²) < 4.78 is 0. The normalized spacial score (nSPS) is 47.1. The van der Waals surface area contributed by atoms with Crippen LogP contribution in [0.4, 0.5) is 0 Å². The summed E-state index contributed by atoms with van der Waals surface area (Å²) in [5.41, 5.74) is 1.00. The van der Waals surface area contributed by atoms with E-state index in [1.807, 2.05) is 12.2 Å².